The van der Waals surface area contributed by atoms with E-state index in [1.54, 1.807) is 12.1 Å². The van der Waals surface area contributed by atoms with Crippen molar-refractivity contribution in [1.82, 2.24) is 0 Å². The van der Waals surface area contributed by atoms with E-state index in [-0.39, 0.29) is 0 Å². The molecule has 2 aliphatic rings. The number of hydrogen-bond donors (Lipinski definition) is 1. The Kier molecular flexibility index (Phi) is 6.51. The number of aromatic hydroxyl groups is 1. The van der Waals surface area contributed by atoms with Gasteiger partial charge >= 0.3 is 0 Å². The fourth-order valence-electron chi connectivity index (χ4n) is 4.19. The van der Waals surface area contributed by atoms with E-state index in [0.717, 1.165) is 37.0 Å². The lowest BCUT2D eigenvalue weighted by atomic mass is 9.91. The van der Waals surface area contributed by atoms with Gasteiger partial charge in [-0.2, -0.15) is 0 Å². The fourth-order valence-corrected chi connectivity index (χ4v) is 4.19. The van der Waals surface area contributed by atoms with E-state index in [1.807, 2.05) is 30.3 Å². The Bertz CT molecular complexity index is 931. The van der Waals surface area contributed by atoms with Crippen LogP contribution in [0, 0.1) is 12.1 Å². The first-order valence-corrected chi connectivity index (χ1v) is 10.7. The highest BCUT2D eigenvalue weighted by Gasteiger charge is 2.14. The molecular formula is C27H28O2. The molecule has 2 nitrogen and oxygen atoms in total. The number of fused-ring (bicyclic) bond motifs is 2. The zero-order valence-corrected chi connectivity index (χ0v) is 16.9. The molecule has 29 heavy (non-hydrogen) atoms. The fraction of sp³-hybridized carbons (Fsp3) is 0.333. The third-order valence-electron chi connectivity index (χ3n) is 5.77. The average Bonchev–Trinajstić information content (AvgIpc) is 2.79. The zero-order valence-electron chi connectivity index (χ0n) is 16.9. The van der Waals surface area contributed by atoms with Gasteiger partial charge in [0.2, 0.25) is 0 Å². The van der Waals surface area contributed by atoms with Crippen LogP contribution >= 0.6 is 0 Å². The van der Waals surface area contributed by atoms with E-state index < -0.39 is 0 Å². The lowest BCUT2D eigenvalue weighted by Crippen LogP contribution is -2.06. The van der Waals surface area contributed by atoms with Crippen LogP contribution in [0.2, 0.25) is 0 Å². The summed E-state index contributed by atoms with van der Waals surface area (Å²) in [4.78, 5) is 0. The number of ether oxygens (including phenoxy) is 1. The molecule has 5 rings (SSSR count). The van der Waals surface area contributed by atoms with Crippen LogP contribution in [0.4, 0.5) is 0 Å². The van der Waals surface area contributed by atoms with Gasteiger partial charge in [-0.1, -0.05) is 42.5 Å². The van der Waals surface area contributed by atoms with E-state index in [1.165, 1.54) is 47.9 Å². The van der Waals surface area contributed by atoms with Gasteiger partial charge in [-0.15, -0.1) is 0 Å². The van der Waals surface area contributed by atoms with E-state index in [2.05, 4.69) is 24.3 Å². The molecule has 1 N–H and O–H groups in total. The molecule has 0 saturated heterocycles. The predicted octanol–water partition coefficient (Wildman–Crippen LogP) is 6.02. The molecule has 3 aromatic rings. The van der Waals surface area contributed by atoms with Crippen molar-refractivity contribution < 1.29 is 9.84 Å². The standard InChI is InChI=1S/C17H17O.C10H11O/c1-2-7-14(8-3-1)13-18-17-12-6-10-15-9-4-5-11-16(15)17;11-10-7-3-5-8-4-1-2-6-9(8)10/h1-3,6-8,12H,4-5,9,11,13H2;3,7,11H,1-2,4,6H2. The molecule has 0 aromatic heterocycles. The minimum Gasteiger partial charge on any atom is -0.508 e. The molecule has 3 aromatic carbocycles. The zero-order chi connectivity index (χ0) is 19.9. The Morgan fingerprint density at radius 3 is 2.07 bits per heavy atom. The molecule has 2 radical (unpaired) electrons. The number of phenolic OH excluding ortho intramolecular Hbond substituents is 1. The maximum absolute atomic E-state index is 9.44. The molecule has 148 valence electrons. The maximum Gasteiger partial charge on any atom is 0.123 e. The normalized spacial score (nSPS) is 14.8. The lowest BCUT2D eigenvalue weighted by molar-refractivity contribution is 0.301. The first-order valence-electron chi connectivity index (χ1n) is 10.7. The van der Waals surface area contributed by atoms with E-state index in [4.69, 9.17) is 4.74 Å². The summed E-state index contributed by atoms with van der Waals surface area (Å²) in [5.74, 6) is 1.51. The summed E-state index contributed by atoms with van der Waals surface area (Å²) < 4.78 is 5.97. The first-order chi connectivity index (χ1) is 14.3. The summed E-state index contributed by atoms with van der Waals surface area (Å²) in [5, 5.41) is 9.44. The molecule has 0 spiro atoms. The van der Waals surface area contributed by atoms with Gasteiger partial charge < -0.3 is 9.84 Å². The van der Waals surface area contributed by atoms with Gasteiger partial charge in [-0.25, -0.2) is 0 Å². The molecule has 0 fully saturated rings. The third kappa shape index (κ3) is 5.00. The molecular weight excluding hydrogens is 356 g/mol. The summed E-state index contributed by atoms with van der Waals surface area (Å²) in [6, 6.07) is 24.4. The highest BCUT2D eigenvalue weighted by molar-refractivity contribution is 5.41. The van der Waals surface area contributed by atoms with Crippen molar-refractivity contribution in [2.45, 2.75) is 58.0 Å². The van der Waals surface area contributed by atoms with Gasteiger partial charge in [0.1, 0.15) is 18.1 Å². The SMILES string of the molecule is Oc1cc[c]c2c1CCCC2.[c]1ccc(OCc2ccccc2)c2c1CCCC2. The van der Waals surface area contributed by atoms with Gasteiger partial charge in [0, 0.05) is 0 Å². The smallest absolute Gasteiger partial charge is 0.123 e. The Morgan fingerprint density at radius 1 is 0.724 bits per heavy atom. The second-order valence-electron chi connectivity index (χ2n) is 7.81. The van der Waals surface area contributed by atoms with Gasteiger partial charge in [-0.3, -0.25) is 0 Å². The Balaban J connectivity index is 0.000000159. The van der Waals surface area contributed by atoms with Crippen LogP contribution in [0.3, 0.4) is 0 Å². The maximum atomic E-state index is 9.44. The lowest BCUT2D eigenvalue weighted by Gasteiger charge is -2.19. The quantitative estimate of drug-likeness (QED) is 0.599. The van der Waals surface area contributed by atoms with Gasteiger partial charge in [0.25, 0.3) is 0 Å². The molecule has 0 saturated carbocycles. The Morgan fingerprint density at radius 2 is 1.34 bits per heavy atom. The largest absolute Gasteiger partial charge is 0.508 e. The van der Waals surface area contributed by atoms with Gasteiger partial charge in [0.15, 0.2) is 0 Å². The van der Waals surface area contributed by atoms with Crippen LogP contribution in [0.25, 0.3) is 0 Å². The highest BCUT2D eigenvalue weighted by Crippen LogP contribution is 2.30. The Hall–Kier alpha value is -2.74. The molecule has 0 heterocycles. The van der Waals surface area contributed by atoms with Crippen molar-refractivity contribution in [2.75, 3.05) is 0 Å². The van der Waals surface area contributed by atoms with Crippen molar-refractivity contribution in [1.29, 1.82) is 0 Å². The van der Waals surface area contributed by atoms with Crippen LogP contribution in [0.5, 0.6) is 11.5 Å². The summed E-state index contributed by atoms with van der Waals surface area (Å²) in [7, 11) is 0. The monoisotopic (exact) mass is 384 g/mol. The van der Waals surface area contributed by atoms with E-state index in [9.17, 15) is 5.11 Å². The molecule has 0 amide bonds. The van der Waals surface area contributed by atoms with Crippen molar-refractivity contribution in [2.24, 2.45) is 0 Å². The molecule has 2 aliphatic carbocycles. The minimum atomic E-state index is 0.457. The Labute approximate surface area is 174 Å². The highest BCUT2D eigenvalue weighted by atomic mass is 16.5. The van der Waals surface area contributed by atoms with Gasteiger partial charge in [-0.05, 0) is 103 Å². The summed E-state index contributed by atoms with van der Waals surface area (Å²) in [6.45, 7) is 0.650. The van der Waals surface area contributed by atoms with Crippen LogP contribution < -0.4 is 4.74 Å². The summed E-state index contributed by atoms with van der Waals surface area (Å²) in [5.41, 5.74) is 6.29. The van der Waals surface area contributed by atoms with Crippen molar-refractivity contribution in [3.8, 4) is 11.5 Å². The summed E-state index contributed by atoms with van der Waals surface area (Å²) >= 11 is 0. The molecule has 0 unspecified atom stereocenters. The average molecular weight is 385 g/mol. The van der Waals surface area contributed by atoms with Crippen LogP contribution in [-0.2, 0) is 32.3 Å². The van der Waals surface area contributed by atoms with Crippen LogP contribution in [0.15, 0.2) is 54.6 Å². The topological polar surface area (TPSA) is 29.5 Å². The van der Waals surface area contributed by atoms with Gasteiger partial charge in [0.05, 0.1) is 0 Å². The summed E-state index contributed by atoms with van der Waals surface area (Å²) in [6.07, 6.45) is 9.40. The van der Waals surface area contributed by atoms with Crippen LogP contribution in [0.1, 0.15) is 53.5 Å². The van der Waals surface area contributed by atoms with Crippen LogP contribution in [-0.4, -0.2) is 5.11 Å². The molecule has 0 atom stereocenters. The van der Waals surface area contributed by atoms with Crippen molar-refractivity contribution in [3.05, 3.63) is 94.5 Å². The minimum absolute atomic E-state index is 0.457. The molecule has 2 heteroatoms. The number of hydrogen-bond acceptors (Lipinski definition) is 2. The first kappa shape index (κ1) is 19.6. The third-order valence-corrected chi connectivity index (χ3v) is 5.77. The van der Waals surface area contributed by atoms with Crippen molar-refractivity contribution in [3.63, 3.8) is 0 Å². The number of benzene rings is 3. The van der Waals surface area contributed by atoms with E-state index in [0.29, 0.717) is 12.4 Å². The van der Waals surface area contributed by atoms with E-state index >= 15 is 0 Å². The second kappa shape index (κ2) is 9.65. The second-order valence-corrected chi connectivity index (χ2v) is 7.81. The number of rotatable bonds is 3. The number of phenols is 1. The number of aryl methyl sites for hydroxylation is 2. The van der Waals surface area contributed by atoms with Crippen molar-refractivity contribution >= 4 is 0 Å². The molecule has 0 aliphatic heterocycles. The predicted molar refractivity (Wildman–Crippen MR) is 116 cm³/mol. The molecule has 0 bridgehead atoms.